The molecule has 1 unspecified atom stereocenters. The predicted octanol–water partition coefficient (Wildman–Crippen LogP) is 1.82. The number of benzene rings is 1. The summed E-state index contributed by atoms with van der Waals surface area (Å²) >= 11 is 5.79. The molecule has 0 bridgehead atoms. The predicted molar refractivity (Wildman–Crippen MR) is 65.4 cm³/mol. The van der Waals surface area contributed by atoms with Crippen LogP contribution in [0.5, 0.6) is 0 Å². The molecule has 0 amide bonds. The molecule has 0 aliphatic rings. The van der Waals surface area contributed by atoms with Crippen molar-refractivity contribution < 1.29 is 17.9 Å². The van der Waals surface area contributed by atoms with Crippen molar-refractivity contribution in [2.75, 3.05) is 12.0 Å². The molecule has 0 spiro atoms. The normalized spacial score (nSPS) is 13.6. The Morgan fingerprint density at radius 2 is 2.12 bits per heavy atom. The quantitative estimate of drug-likeness (QED) is 0.895. The first-order valence-corrected chi connectivity index (χ1v) is 7.51. The lowest BCUT2D eigenvalue weighted by atomic mass is 10.1. The highest BCUT2D eigenvalue weighted by Gasteiger charge is 2.12. The molecule has 6 heteroatoms. The van der Waals surface area contributed by atoms with E-state index in [1.165, 1.54) is 18.2 Å². The second-order valence-electron chi connectivity index (χ2n) is 4.01. The summed E-state index contributed by atoms with van der Waals surface area (Å²) in [6.45, 7) is 0. The van der Waals surface area contributed by atoms with Gasteiger partial charge in [-0.1, -0.05) is 17.7 Å². The fourth-order valence-electron chi connectivity index (χ4n) is 1.39. The van der Waals surface area contributed by atoms with E-state index in [0.29, 0.717) is 5.56 Å². The monoisotopic (exact) mass is 280 g/mol. The van der Waals surface area contributed by atoms with Gasteiger partial charge >= 0.3 is 0 Å². The van der Waals surface area contributed by atoms with E-state index in [0.717, 1.165) is 6.26 Å². The Hall–Kier alpha value is -0.650. The van der Waals surface area contributed by atoms with Crippen molar-refractivity contribution in [3.05, 3.63) is 34.6 Å². The lowest BCUT2D eigenvalue weighted by Crippen LogP contribution is -2.16. The number of halogens is 2. The molecule has 0 heterocycles. The van der Waals surface area contributed by atoms with E-state index in [1.807, 2.05) is 0 Å². The summed E-state index contributed by atoms with van der Waals surface area (Å²) < 4.78 is 34.6. The maximum Gasteiger partial charge on any atom is 0.147 e. The summed E-state index contributed by atoms with van der Waals surface area (Å²) in [5.41, 5.74) is 0.606. The van der Waals surface area contributed by atoms with Gasteiger partial charge in [-0.25, -0.2) is 12.8 Å². The van der Waals surface area contributed by atoms with Crippen LogP contribution in [-0.4, -0.2) is 31.6 Å². The summed E-state index contributed by atoms with van der Waals surface area (Å²) in [7, 11) is -3.08. The molecule has 1 aromatic rings. The van der Waals surface area contributed by atoms with Crippen molar-refractivity contribution in [2.45, 2.75) is 18.9 Å². The van der Waals surface area contributed by atoms with E-state index in [1.54, 1.807) is 0 Å². The molecule has 0 fully saturated rings. The minimum Gasteiger partial charge on any atom is -0.393 e. The zero-order valence-electron chi connectivity index (χ0n) is 9.36. The maximum atomic E-state index is 12.8. The molecular weight excluding hydrogens is 267 g/mol. The molecule has 17 heavy (non-hydrogen) atoms. The van der Waals surface area contributed by atoms with Crippen molar-refractivity contribution >= 4 is 21.4 Å². The molecule has 1 N–H and O–H groups in total. The third-order valence-corrected chi connectivity index (χ3v) is 3.62. The summed E-state index contributed by atoms with van der Waals surface area (Å²) in [5, 5.41) is 9.88. The van der Waals surface area contributed by atoms with E-state index in [-0.39, 0.29) is 23.6 Å². The molecule has 0 aromatic heterocycles. The van der Waals surface area contributed by atoms with Gasteiger partial charge in [0, 0.05) is 11.3 Å². The average molecular weight is 281 g/mol. The zero-order chi connectivity index (χ0) is 13.1. The maximum absolute atomic E-state index is 12.8. The molecule has 1 aromatic carbocycles. The van der Waals surface area contributed by atoms with Crippen LogP contribution in [0.1, 0.15) is 12.0 Å². The molecule has 1 rings (SSSR count). The molecule has 3 nitrogen and oxygen atoms in total. The Balaban J connectivity index is 2.59. The van der Waals surface area contributed by atoms with Gasteiger partial charge in [0.25, 0.3) is 0 Å². The standard InChI is InChI=1S/C11H14ClFO3S/c1-17(15,16)5-4-10(14)6-8-2-3-9(13)7-11(8)12/h2-3,7,10,14H,4-6H2,1H3. The SMILES string of the molecule is CS(=O)(=O)CCC(O)Cc1ccc(F)cc1Cl. The topological polar surface area (TPSA) is 54.4 Å². The van der Waals surface area contributed by atoms with Crippen LogP contribution in [0.25, 0.3) is 0 Å². The highest BCUT2D eigenvalue weighted by Crippen LogP contribution is 2.19. The average Bonchev–Trinajstić information content (AvgIpc) is 2.18. The van der Waals surface area contributed by atoms with E-state index < -0.39 is 21.8 Å². The number of aliphatic hydroxyl groups excluding tert-OH is 1. The van der Waals surface area contributed by atoms with Crippen LogP contribution in [0.15, 0.2) is 18.2 Å². The highest BCUT2D eigenvalue weighted by molar-refractivity contribution is 7.90. The van der Waals surface area contributed by atoms with Gasteiger partial charge in [0.2, 0.25) is 0 Å². The number of hydrogen-bond acceptors (Lipinski definition) is 3. The van der Waals surface area contributed by atoms with Crippen LogP contribution in [0.4, 0.5) is 4.39 Å². The van der Waals surface area contributed by atoms with Crippen molar-refractivity contribution in [3.8, 4) is 0 Å². The van der Waals surface area contributed by atoms with Crippen LogP contribution in [0, 0.1) is 5.82 Å². The highest BCUT2D eigenvalue weighted by atomic mass is 35.5. The van der Waals surface area contributed by atoms with Gasteiger partial charge in [0.15, 0.2) is 0 Å². The van der Waals surface area contributed by atoms with Gasteiger partial charge in [-0.2, -0.15) is 0 Å². The Labute approximate surface area is 105 Å². The Bertz CT molecular complexity index is 487. The third kappa shape index (κ3) is 5.48. The number of aliphatic hydroxyl groups is 1. The fourth-order valence-corrected chi connectivity index (χ4v) is 2.34. The summed E-state index contributed by atoms with van der Waals surface area (Å²) in [6, 6.07) is 3.91. The number of hydrogen-bond donors (Lipinski definition) is 1. The molecule has 1 atom stereocenters. The Morgan fingerprint density at radius 3 is 2.65 bits per heavy atom. The first kappa shape index (κ1) is 14.4. The largest absolute Gasteiger partial charge is 0.393 e. The second kappa shape index (κ2) is 5.80. The van der Waals surface area contributed by atoms with Crippen molar-refractivity contribution in [1.29, 1.82) is 0 Å². The minimum atomic E-state index is -3.08. The third-order valence-electron chi connectivity index (χ3n) is 2.29. The van der Waals surface area contributed by atoms with E-state index in [9.17, 15) is 17.9 Å². The van der Waals surface area contributed by atoms with Crippen LogP contribution in [0.3, 0.4) is 0 Å². The van der Waals surface area contributed by atoms with E-state index in [4.69, 9.17) is 11.6 Å². The van der Waals surface area contributed by atoms with Gasteiger partial charge in [-0.3, -0.25) is 0 Å². The van der Waals surface area contributed by atoms with Crippen LogP contribution >= 0.6 is 11.6 Å². The molecule has 0 radical (unpaired) electrons. The molecule has 0 saturated heterocycles. The van der Waals surface area contributed by atoms with Gasteiger partial charge in [0.05, 0.1) is 11.9 Å². The van der Waals surface area contributed by atoms with Crippen molar-refractivity contribution in [1.82, 2.24) is 0 Å². The fraction of sp³-hybridized carbons (Fsp3) is 0.455. The molecule has 0 aliphatic heterocycles. The second-order valence-corrected chi connectivity index (χ2v) is 6.68. The van der Waals surface area contributed by atoms with Gasteiger partial charge < -0.3 is 5.11 Å². The van der Waals surface area contributed by atoms with Crippen molar-refractivity contribution in [3.63, 3.8) is 0 Å². The van der Waals surface area contributed by atoms with Crippen molar-refractivity contribution in [2.24, 2.45) is 0 Å². The van der Waals surface area contributed by atoms with E-state index >= 15 is 0 Å². The zero-order valence-corrected chi connectivity index (χ0v) is 10.9. The Morgan fingerprint density at radius 1 is 1.47 bits per heavy atom. The molecular formula is C11H14ClFO3S. The van der Waals surface area contributed by atoms with Crippen LogP contribution in [-0.2, 0) is 16.3 Å². The van der Waals surface area contributed by atoms with E-state index in [2.05, 4.69) is 0 Å². The summed E-state index contributed by atoms with van der Waals surface area (Å²) in [5.74, 6) is -0.517. The van der Waals surface area contributed by atoms with Gasteiger partial charge in [0.1, 0.15) is 15.7 Å². The lowest BCUT2D eigenvalue weighted by Gasteiger charge is -2.11. The lowest BCUT2D eigenvalue weighted by molar-refractivity contribution is 0.171. The molecule has 0 aliphatic carbocycles. The summed E-state index contributed by atoms with van der Waals surface area (Å²) in [4.78, 5) is 0. The first-order valence-electron chi connectivity index (χ1n) is 5.07. The first-order chi connectivity index (χ1) is 7.78. The van der Waals surface area contributed by atoms with Gasteiger partial charge in [-0.05, 0) is 30.5 Å². The molecule has 96 valence electrons. The summed E-state index contributed by atoms with van der Waals surface area (Å²) in [6.07, 6.45) is 0.680. The minimum absolute atomic E-state index is 0.0764. The number of rotatable bonds is 5. The Kier molecular flexibility index (Phi) is 4.91. The molecule has 0 saturated carbocycles. The smallest absolute Gasteiger partial charge is 0.147 e. The van der Waals surface area contributed by atoms with Crippen LogP contribution in [0.2, 0.25) is 5.02 Å². The van der Waals surface area contributed by atoms with Gasteiger partial charge in [-0.15, -0.1) is 0 Å². The number of sulfone groups is 1. The van der Waals surface area contributed by atoms with Crippen LogP contribution < -0.4 is 0 Å².